The van der Waals surface area contributed by atoms with Crippen molar-refractivity contribution in [2.75, 3.05) is 27.3 Å². The average Bonchev–Trinajstić information content (AvgIpc) is 2.84. The molecule has 8 heteroatoms. The van der Waals surface area contributed by atoms with Gasteiger partial charge in [-0.2, -0.15) is 5.10 Å². The molecule has 172 valence electrons. The Hall–Kier alpha value is -2.74. The summed E-state index contributed by atoms with van der Waals surface area (Å²) in [7, 11) is 3.14. The first-order chi connectivity index (χ1) is 15.5. The lowest BCUT2D eigenvalue weighted by molar-refractivity contribution is -0.138. The predicted molar refractivity (Wildman–Crippen MR) is 118 cm³/mol. The summed E-state index contributed by atoms with van der Waals surface area (Å²) in [6.45, 7) is 1.23. The van der Waals surface area contributed by atoms with E-state index in [1.807, 2.05) is 4.90 Å². The Bertz CT molecular complexity index is 1010. The van der Waals surface area contributed by atoms with Crippen molar-refractivity contribution in [1.29, 1.82) is 0 Å². The molecule has 1 aromatic carbocycles. The van der Waals surface area contributed by atoms with Crippen LogP contribution in [-0.2, 0) is 9.53 Å². The van der Waals surface area contributed by atoms with E-state index in [0.29, 0.717) is 37.2 Å². The standard InChI is InChI=1S/C24H30FN3O4/c1-31-19-6-3-16(4-7-19)24(30)27-13-11-18(12-14-27)28-23(29)10-8-21(26-28)17-5-9-22(32-2)20(25)15-17/h5,8-10,15-16,18-19H,3-4,6-7,11-14H2,1-2H3. The molecule has 1 saturated carbocycles. The first-order valence-electron chi connectivity index (χ1n) is 11.3. The van der Waals surface area contributed by atoms with Gasteiger partial charge in [0.25, 0.3) is 5.56 Å². The van der Waals surface area contributed by atoms with E-state index in [1.54, 1.807) is 25.3 Å². The Balaban J connectivity index is 1.42. The van der Waals surface area contributed by atoms with Crippen LogP contribution in [0.4, 0.5) is 4.39 Å². The molecule has 0 spiro atoms. The minimum absolute atomic E-state index is 0.0760. The van der Waals surface area contributed by atoms with Crippen molar-refractivity contribution in [2.24, 2.45) is 5.92 Å². The second kappa shape index (κ2) is 9.81. The summed E-state index contributed by atoms with van der Waals surface area (Å²) in [4.78, 5) is 27.4. The minimum atomic E-state index is -0.476. The number of carbonyl (C=O) groups excluding carboxylic acids is 1. The maximum atomic E-state index is 14.1. The zero-order valence-electron chi connectivity index (χ0n) is 18.6. The van der Waals surface area contributed by atoms with Crippen molar-refractivity contribution in [3.8, 4) is 17.0 Å². The number of rotatable bonds is 5. The van der Waals surface area contributed by atoms with E-state index in [1.165, 1.54) is 23.9 Å². The molecule has 1 aromatic heterocycles. The van der Waals surface area contributed by atoms with Crippen LogP contribution in [0.3, 0.4) is 0 Å². The lowest BCUT2D eigenvalue weighted by Crippen LogP contribution is -2.44. The summed E-state index contributed by atoms with van der Waals surface area (Å²) in [5.41, 5.74) is 0.918. The molecule has 32 heavy (non-hydrogen) atoms. The van der Waals surface area contributed by atoms with Gasteiger partial charge >= 0.3 is 0 Å². The van der Waals surface area contributed by atoms with Gasteiger partial charge in [0.15, 0.2) is 11.6 Å². The fraction of sp³-hybridized carbons (Fsp3) is 0.542. The first kappa shape index (κ1) is 22.5. The van der Waals surface area contributed by atoms with Crippen LogP contribution >= 0.6 is 0 Å². The van der Waals surface area contributed by atoms with Crippen LogP contribution in [0.1, 0.15) is 44.6 Å². The first-order valence-corrected chi connectivity index (χ1v) is 11.3. The number of halogens is 1. The topological polar surface area (TPSA) is 73.7 Å². The van der Waals surface area contributed by atoms with Crippen molar-refractivity contribution in [3.63, 3.8) is 0 Å². The molecule has 0 radical (unpaired) electrons. The van der Waals surface area contributed by atoms with Gasteiger partial charge in [-0.1, -0.05) is 0 Å². The number of ether oxygens (including phenoxy) is 2. The van der Waals surface area contributed by atoms with Gasteiger partial charge in [0, 0.05) is 37.7 Å². The van der Waals surface area contributed by atoms with E-state index < -0.39 is 5.82 Å². The second-order valence-corrected chi connectivity index (χ2v) is 8.62. The van der Waals surface area contributed by atoms with E-state index in [-0.39, 0.29) is 35.3 Å². The Labute approximate surface area is 187 Å². The number of aromatic nitrogens is 2. The number of likely N-dealkylation sites (tertiary alicyclic amines) is 1. The highest BCUT2D eigenvalue weighted by atomic mass is 19.1. The summed E-state index contributed by atoms with van der Waals surface area (Å²) < 4.78 is 26.0. The second-order valence-electron chi connectivity index (χ2n) is 8.62. The summed E-state index contributed by atoms with van der Waals surface area (Å²) >= 11 is 0. The third-order valence-corrected chi connectivity index (χ3v) is 6.75. The average molecular weight is 444 g/mol. The molecular weight excluding hydrogens is 413 g/mol. The highest BCUT2D eigenvalue weighted by molar-refractivity contribution is 5.79. The molecule has 1 saturated heterocycles. The maximum absolute atomic E-state index is 14.1. The van der Waals surface area contributed by atoms with Crippen LogP contribution < -0.4 is 10.3 Å². The fourth-order valence-corrected chi connectivity index (χ4v) is 4.80. The SMILES string of the molecule is COc1ccc(-c2ccc(=O)n(C3CCN(C(=O)C4CCC(OC)CC4)CC3)n2)cc1F. The lowest BCUT2D eigenvalue weighted by atomic mass is 9.86. The molecule has 0 atom stereocenters. The van der Waals surface area contributed by atoms with Gasteiger partial charge in [0.2, 0.25) is 5.91 Å². The van der Waals surface area contributed by atoms with E-state index in [9.17, 15) is 14.0 Å². The maximum Gasteiger partial charge on any atom is 0.267 e. The Morgan fingerprint density at radius 1 is 1.03 bits per heavy atom. The van der Waals surface area contributed by atoms with Crippen molar-refractivity contribution < 1.29 is 18.7 Å². The van der Waals surface area contributed by atoms with Crippen LogP contribution in [0.25, 0.3) is 11.3 Å². The highest BCUT2D eigenvalue weighted by Gasteiger charge is 2.32. The molecule has 0 bridgehead atoms. The molecular formula is C24H30FN3O4. The highest BCUT2D eigenvalue weighted by Crippen LogP contribution is 2.30. The van der Waals surface area contributed by atoms with E-state index in [4.69, 9.17) is 9.47 Å². The monoisotopic (exact) mass is 443 g/mol. The van der Waals surface area contributed by atoms with Crippen LogP contribution in [-0.4, -0.2) is 54.0 Å². The Morgan fingerprint density at radius 2 is 1.75 bits per heavy atom. The van der Waals surface area contributed by atoms with Gasteiger partial charge in [-0.15, -0.1) is 0 Å². The fourth-order valence-electron chi connectivity index (χ4n) is 4.80. The minimum Gasteiger partial charge on any atom is -0.494 e. The summed E-state index contributed by atoms with van der Waals surface area (Å²) in [5, 5.41) is 4.52. The zero-order valence-corrected chi connectivity index (χ0v) is 18.6. The van der Waals surface area contributed by atoms with Crippen LogP contribution in [0.2, 0.25) is 0 Å². The molecule has 1 aliphatic heterocycles. The van der Waals surface area contributed by atoms with Crippen LogP contribution in [0, 0.1) is 11.7 Å². The quantitative estimate of drug-likeness (QED) is 0.708. The van der Waals surface area contributed by atoms with Crippen molar-refractivity contribution in [3.05, 3.63) is 46.5 Å². The Kier molecular flexibility index (Phi) is 6.89. The molecule has 2 aromatic rings. The van der Waals surface area contributed by atoms with Gasteiger partial charge in [0.1, 0.15) is 0 Å². The molecule has 7 nitrogen and oxygen atoms in total. The smallest absolute Gasteiger partial charge is 0.267 e. The van der Waals surface area contributed by atoms with Crippen molar-refractivity contribution in [1.82, 2.24) is 14.7 Å². The normalized spacial score (nSPS) is 22.0. The molecule has 2 aliphatic rings. The van der Waals surface area contributed by atoms with Crippen molar-refractivity contribution >= 4 is 5.91 Å². The van der Waals surface area contributed by atoms with Gasteiger partial charge in [-0.25, -0.2) is 9.07 Å². The van der Waals surface area contributed by atoms with Gasteiger partial charge < -0.3 is 14.4 Å². The van der Waals surface area contributed by atoms with E-state index in [0.717, 1.165) is 25.7 Å². The lowest BCUT2D eigenvalue weighted by Gasteiger charge is -2.36. The number of hydrogen-bond donors (Lipinski definition) is 0. The Morgan fingerprint density at radius 3 is 2.38 bits per heavy atom. The molecule has 1 aliphatic carbocycles. The van der Waals surface area contributed by atoms with Gasteiger partial charge in [0.05, 0.1) is 24.9 Å². The molecule has 2 fully saturated rings. The number of benzene rings is 1. The number of methoxy groups -OCH3 is 2. The number of carbonyl (C=O) groups is 1. The molecule has 0 unspecified atom stereocenters. The molecule has 1 amide bonds. The number of hydrogen-bond acceptors (Lipinski definition) is 5. The predicted octanol–water partition coefficient (Wildman–Crippen LogP) is 3.43. The molecule has 0 N–H and O–H groups in total. The van der Waals surface area contributed by atoms with Crippen LogP contribution in [0.15, 0.2) is 35.1 Å². The van der Waals surface area contributed by atoms with E-state index >= 15 is 0 Å². The van der Waals surface area contributed by atoms with Crippen LogP contribution in [0.5, 0.6) is 5.75 Å². The summed E-state index contributed by atoms with van der Waals surface area (Å²) in [5.74, 6) is -0.0152. The summed E-state index contributed by atoms with van der Waals surface area (Å²) in [6.07, 6.45) is 5.23. The number of piperidine rings is 1. The largest absolute Gasteiger partial charge is 0.494 e. The molecule has 4 rings (SSSR count). The van der Waals surface area contributed by atoms with Gasteiger partial charge in [-0.3, -0.25) is 9.59 Å². The summed E-state index contributed by atoms with van der Waals surface area (Å²) in [6, 6.07) is 7.62. The number of amides is 1. The number of nitrogens with zero attached hydrogens (tertiary/aromatic N) is 3. The molecule has 2 heterocycles. The van der Waals surface area contributed by atoms with E-state index in [2.05, 4.69) is 5.10 Å². The third-order valence-electron chi connectivity index (χ3n) is 6.75. The zero-order chi connectivity index (χ0) is 22.7. The van der Waals surface area contributed by atoms with Crippen molar-refractivity contribution in [2.45, 2.75) is 50.7 Å². The van der Waals surface area contributed by atoms with Gasteiger partial charge in [-0.05, 0) is 62.8 Å². The third kappa shape index (κ3) is 4.70.